The first-order valence-electron chi connectivity index (χ1n) is 14.6. The van der Waals surface area contributed by atoms with Crippen LogP contribution < -0.4 is 16.0 Å². The number of nitro benzene ring substituents is 1. The number of carbonyl (C=O) groups is 4. The zero-order valence-electron chi connectivity index (χ0n) is 25.1. The minimum Gasteiger partial charge on any atom is -0.387 e. The van der Waals surface area contributed by atoms with Crippen LogP contribution in [0.1, 0.15) is 41.0 Å². The maximum absolute atomic E-state index is 13.9. The van der Waals surface area contributed by atoms with Crippen molar-refractivity contribution in [3.8, 4) is 0 Å². The molecule has 0 spiro atoms. The van der Waals surface area contributed by atoms with Crippen molar-refractivity contribution >= 4 is 56.6 Å². The molecule has 240 valence electrons. The molecule has 0 saturated carbocycles. The largest absolute Gasteiger partial charge is 0.387 e. The lowest BCUT2D eigenvalue weighted by Gasteiger charge is -2.35. The number of pyridine rings is 1. The summed E-state index contributed by atoms with van der Waals surface area (Å²) in [6.07, 6.45) is 2.62. The molecule has 3 saturated heterocycles. The number of hydrogen-bond acceptors (Lipinski definition) is 10. The van der Waals surface area contributed by atoms with Crippen molar-refractivity contribution in [2.24, 2.45) is 0 Å². The Balaban J connectivity index is 1.49. The third kappa shape index (κ3) is 7.01. The van der Waals surface area contributed by atoms with Crippen molar-refractivity contribution in [1.82, 2.24) is 25.0 Å². The topological polar surface area (TPSA) is 179 Å². The van der Waals surface area contributed by atoms with E-state index in [1.165, 1.54) is 28.1 Å². The third-order valence-corrected chi connectivity index (χ3v) is 8.49. The molecule has 0 bridgehead atoms. The van der Waals surface area contributed by atoms with E-state index in [1.807, 2.05) is 13.8 Å². The van der Waals surface area contributed by atoms with Gasteiger partial charge in [0.1, 0.15) is 11.7 Å². The first-order chi connectivity index (χ1) is 21.4. The molecule has 4 amide bonds. The van der Waals surface area contributed by atoms with Crippen LogP contribution in [0.4, 0.5) is 17.1 Å². The lowest BCUT2D eigenvalue weighted by Crippen LogP contribution is -2.55. The van der Waals surface area contributed by atoms with Crippen molar-refractivity contribution in [3.05, 3.63) is 56.3 Å². The van der Waals surface area contributed by atoms with Crippen LogP contribution in [0, 0.1) is 10.1 Å². The Kier molecular flexibility index (Phi) is 9.53. The van der Waals surface area contributed by atoms with Gasteiger partial charge >= 0.3 is 0 Å². The summed E-state index contributed by atoms with van der Waals surface area (Å²) in [6, 6.07) is 2.85. The van der Waals surface area contributed by atoms with Crippen LogP contribution in [0.25, 0.3) is 0 Å². The zero-order valence-corrected chi connectivity index (χ0v) is 26.7. The number of nitrogens with zero attached hydrogens (tertiary/aromatic N) is 5. The molecule has 3 aliphatic rings. The number of hydrogen-bond donors (Lipinski definition) is 3. The van der Waals surface area contributed by atoms with E-state index in [4.69, 9.17) is 4.74 Å². The van der Waals surface area contributed by atoms with E-state index < -0.39 is 34.7 Å². The summed E-state index contributed by atoms with van der Waals surface area (Å²) in [5.41, 5.74) is 0.613. The van der Waals surface area contributed by atoms with Gasteiger partial charge in [-0.05, 0) is 32.4 Å². The maximum atomic E-state index is 13.9. The average molecular weight is 688 g/mol. The normalized spacial score (nSPS) is 23.4. The molecule has 3 fully saturated rings. The van der Waals surface area contributed by atoms with Crippen LogP contribution >= 0.6 is 15.9 Å². The highest BCUT2D eigenvalue weighted by atomic mass is 79.9. The second kappa shape index (κ2) is 13.4. The number of amides is 4. The summed E-state index contributed by atoms with van der Waals surface area (Å²) in [4.78, 5) is 73.8. The first kappa shape index (κ1) is 32.1. The number of morpholine rings is 1. The van der Waals surface area contributed by atoms with Crippen molar-refractivity contribution in [3.63, 3.8) is 0 Å². The van der Waals surface area contributed by atoms with Crippen LogP contribution in [0.15, 0.2) is 35.1 Å². The molecule has 0 unspecified atom stereocenters. The van der Waals surface area contributed by atoms with Gasteiger partial charge in [-0.3, -0.25) is 34.3 Å². The number of nitrogens with one attached hydrogen (secondary N) is 3. The van der Waals surface area contributed by atoms with Gasteiger partial charge in [-0.2, -0.15) is 0 Å². The van der Waals surface area contributed by atoms with E-state index in [2.05, 4.69) is 36.9 Å². The van der Waals surface area contributed by atoms with E-state index in [0.717, 1.165) is 0 Å². The van der Waals surface area contributed by atoms with Gasteiger partial charge in [0.2, 0.25) is 11.8 Å². The Morgan fingerprint density at radius 1 is 1.09 bits per heavy atom. The van der Waals surface area contributed by atoms with E-state index in [1.54, 1.807) is 24.2 Å². The number of anilines is 2. The predicted molar refractivity (Wildman–Crippen MR) is 167 cm³/mol. The summed E-state index contributed by atoms with van der Waals surface area (Å²) in [7, 11) is 1.69. The highest BCUT2D eigenvalue weighted by Crippen LogP contribution is 2.36. The van der Waals surface area contributed by atoms with Gasteiger partial charge in [0.25, 0.3) is 17.5 Å². The molecule has 0 radical (unpaired) electrons. The molecule has 1 aromatic heterocycles. The van der Waals surface area contributed by atoms with E-state index in [-0.39, 0.29) is 73.2 Å². The van der Waals surface area contributed by atoms with E-state index >= 15 is 0 Å². The Morgan fingerprint density at radius 3 is 2.49 bits per heavy atom. The molecule has 1 aromatic carbocycles. The summed E-state index contributed by atoms with van der Waals surface area (Å²) in [5, 5.41) is 21.1. The molecular weight excluding hydrogens is 652 g/mol. The highest BCUT2D eigenvalue weighted by molar-refractivity contribution is 9.10. The van der Waals surface area contributed by atoms with E-state index in [0.29, 0.717) is 23.2 Å². The molecule has 16 heteroatoms. The fourth-order valence-electron chi connectivity index (χ4n) is 6.07. The summed E-state index contributed by atoms with van der Waals surface area (Å²) >= 11 is 3.31. The quantitative estimate of drug-likeness (QED) is 0.287. The number of nitro groups is 1. The number of piperazine rings is 1. The van der Waals surface area contributed by atoms with Gasteiger partial charge in [0.05, 0.1) is 40.5 Å². The Bertz CT molecular complexity index is 1510. The summed E-state index contributed by atoms with van der Waals surface area (Å²) in [6.45, 7) is 4.77. The van der Waals surface area contributed by atoms with Crippen LogP contribution in [-0.2, 0) is 14.3 Å². The van der Waals surface area contributed by atoms with Gasteiger partial charge < -0.3 is 35.4 Å². The van der Waals surface area contributed by atoms with Crippen molar-refractivity contribution in [1.29, 1.82) is 0 Å². The molecule has 3 aliphatic heterocycles. The molecule has 3 N–H and O–H groups in total. The van der Waals surface area contributed by atoms with Crippen molar-refractivity contribution < 1.29 is 28.8 Å². The molecule has 45 heavy (non-hydrogen) atoms. The lowest BCUT2D eigenvalue weighted by molar-refractivity contribution is -0.384. The van der Waals surface area contributed by atoms with Crippen LogP contribution in [-0.4, -0.2) is 119 Å². The minimum absolute atomic E-state index is 0.00157. The fourth-order valence-corrected chi connectivity index (χ4v) is 6.52. The average Bonchev–Trinajstić information content (AvgIpc) is 3.43. The number of likely N-dealkylation sites (tertiary alicyclic amines) is 1. The smallest absolute Gasteiger partial charge is 0.294 e. The molecule has 4 atom stereocenters. The molecular formula is C29H35BrN8O7. The van der Waals surface area contributed by atoms with E-state index in [9.17, 15) is 29.3 Å². The maximum Gasteiger partial charge on any atom is 0.294 e. The zero-order chi connectivity index (χ0) is 32.4. The number of rotatable bonds is 7. The third-order valence-electron chi connectivity index (χ3n) is 8.04. The van der Waals surface area contributed by atoms with Crippen LogP contribution in [0.5, 0.6) is 0 Å². The molecule has 5 rings (SSSR count). The number of benzene rings is 1. The number of carbonyl (C=O) groups excluding carboxylic acids is 4. The molecule has 2 aromatic rings. The van der Waals surface area contributed by atoms with Gasteiger partial charge in [0.15, 0.2) is 0 Å². The molecule has 0 aliphatic carbocycles. The predicted octanol–water partition coefficient (Wildman–Crippen LogP) is 1.70. The van der Waals surface area contributed by atoms with Crippen LogP contribution in [0.2, 0.25) is 0 Å². The van der Waals surface area contributed by atoms with Gasteiger partial charge in [-0.15, -0.1) is 0 Å². The van der Waals surface area contributed by atoms with Gasteiger partial charge in [-0.25, -0.2) is 0 Å². The first-order valence-corrected chi connectivity index (χ1v) is 15.4. The Labute approximate surface area is 267 Å². The SMILES string of the molecule is CNc1cncc(C(=O)N2C[C@H](Nc3c(C(=O)N4C[C@@H](C)O[C@@H](C)C4)cc(Br)cc3[N+](=O)[O-])C[C@H]2C(=O)N2CCNC(=O)C2)c1. The monoisotopic (exact) mass is 686 g/mol. The number of halogens is 1. The Morgan fingerprint density at radius 2 is 1.82 bits per heavy atom. The summed E-state index contributed by atoms with van der Waals surface area (Å²) in [5.74, 6) is -1.57. The highest BCUT2D eigenvalue weighted by Gasteiger charge is 2.43. The van der Waals surface area contributed by atoms with Gasteiger partial charge in [-0.1, -0.05) is 15.9 Å². The fraction of sp³-hybridized carbons (Fsp3) is 0.483. The lowest BCUT2D eigenvalue weighted by atomic mass is 10.1. The van der Waals surface area contributed by atoms with Crippen LogP contribution in [0.3, 0.4) is 0 Å². The molecule has 4 heterocycles. The molecule has 15 nitrogen and oxygen atoms in total. The summed E-state index contributed by atoms with van der Waals surface area (Å²) < 4.78 is 6.12. The number of aromatic nitrogens is 1. The van der Waals surface area contributed by atoms with Crippen molar-refractivity contribution in [2.75, 3.05) is 56.9 Å². The second-order valence-electron chi connectivity index (χ2n) is 11.4. The second-order valence-corrected chi connectivity index (χ2v) is 12.4. The minimum atomic E-state index is -0.964. The number of ether oxygens (including phenoxy) is 1. The van der Waals surface area contributed by atoms with Crippen molar-refractivity contribution in [2.45, 2.75) is 44.6 Å². The van der Waals surface area contributed by atoms with Gasteiger partial charge in [0, 0.05) is 68.7 Å². The standard InChI is InChI=1S/C29H35BrN8O7/c1-16-12-36(13-17(2)45-16)28(41)22-7-19(30)8-23(38(43)44)26(22)34-21-9-24(29(42)35-5-4-33-25(39)15-35)37(14-21)27(40)18-6-20(31-3)11-32-10-18/h6-8,10-11,16-17,21,24,31,34H,4-5,9,12-15H2,1-3H3,(H,33,39)/t16-,17+,21-,24+/m1/s1. The Hall–Kier alpha value is -4.31.